The van der Waals surface area contributed by atoms with Crippen molar-refractivity contribution < 1.29 is 0 Å². The summed E-state index contributed by atoms with van der Waals surface area (Å²) in [4.78, 5) is 25.7. The van der Waals surface area contributed by atoms with Crippen LogP contribution >= 0.6 is 0 Å². The van der Waals surface area contributed by atoms with Crippen LogP contribution in [0, 0.1) is 0 Å². The molecule has 2 aromatic carbocycles. The Labute approximate surface area is 229 Å². The molecular weight excluding hydrogens is 486 g/mol. The maximum atomic E-state index is 4.92. The number of hydrogen-bond donors (Lipinski definition) is 2. The molecule has 9 nitrogen and oxygen atoms in total. The molecule has 2 aromatic rings. The van der Waals surface area contributed by atoms with E-state index in [0.717, 1.165) is 65.8 Å². The van der Waals surface area contributed by atoms with Crippen molar-refractivity contribution in [3.8, 4) is 0 Å². The molecule has 7 rings (SSSR count). The second-order valence-corrected chi connectivity index (χ2v) is 10.4. The van der Waals surface area contributed by atoms with Crippen LogP contribution in [0.2, 0.25) is 0 Å². The first-order chi connectivity index (χ1) is 19.2. The summed E-state index contributed by atoms with van der Waals surface area (Å²) in [6.45, 7) is 4.45. The molecule has 0 atom stereocenters. The summed E-state index contributed by atoms with van der Waals surface area (Å²) >= 11 is 0. The third kappa shape index (κ3) is 4.18. The van der Waals surface area contributed by atoms with Crippen molar-refractivity contribution in [3.05, 3.63) is 65.4 Å². The first kappa shape index (κ1) is 23.7. The molecule has 2 fully saturated rings. The SMILES string of the molecule is CNc1cc(N2CCCC2)ccc1C1=CC2=CC(c3ccc(N4CCCC4)cc3NC)=NC3=NC=NC(=N1)N23. The van der Waals surface area contributed by atoms with Gasteiger partial charge in [0.25, 0.3) is 0 Å². The van der Waals surface area contributed by atoms with Crippen LogP contribution in [0.5, 0.6) is 0 Å². The highest BCUT2D eigenvalue weighted by molar-refractivity contribution is 6.24. The fourth-order valence-electron chi connectivity index (χ4n) is 6.00. The zero-order valence-electron chi connectivity index (χ0n) is 22.5. The highest BCUT2D eigenvalue weighted by Gasteiger charge is 2.32. The Hall–Kier alpha value is -4.40. The van der Waals surface area contributed by atoms with Gasteiger partial charge < -0.3 is 20.4 Å². The summed E-state index contributed by atoms with van der Waals surface area (Å²) in [6.07, 6.45) is 10.8. The Balaban J connectivity index is 1.28. The molecule has 0 unspecified atom stereocenters. The number of benzene rings is 2. The molecule has 0 amide bonds. The molecule has 9 heteroatoms. The standard InChI is InChI=1S/C30H33N9/c1-31-25-15-20(37-11-3-4-12-37)7-9-23(25)27-17-22-18-28(36-30-34-19-33-29(35-27)39(22)30)24-10-8-21(16-26(24)32-2)38-13-5-6-14-38/h7-10,15-19,31-32H,3-6,11-14H2,1-2H3. The third-order valence-electron chi connectivity index (χ3n) is 8.05. The van der Waals surface area contributed by atoms with Gasteiger partial charge in [-0.2, -0.15) is 0 Å². The average Bonchev–Trinajstić information content (AvgIpc) is 3.72. The molecule has 2 saturated heterocycles. The average molecular weight is 520 g/mol. The minimum Gasteiger partial charge on any atom is -0.388 e. The summed E-state index contributed by atoms with van der Waals surface area (Å²) in [6, 6.07) is 13.2. The summed E-state index contributed by atoms with van der Waals surface area (Å²) in [5.41, 5.74) is 9.37. The number of nitrogens with zero attached hydrogens (tertiary/aromatic N) is 7. The van der Waals surface area contributed by atoms with Gasteiger partial charge in [-0.15, -0.1) is 0 Å². The molecule has 0 bridgehead atoms. The van der Waals surface area contributed by atoms with E-state index < -0.39 is 0 Å². The molecule has 5 aliphatic heterocycles. The van der Waals surface area contributed by atoms with Gasteiger partial charge in [-0.1, -0.05) is 0 Å². The maximum Gasteiger partial charge on any atom is 0.239 e. The lowest BCUT2D eigenvalue weighted by atomic mass is 10.0. The Morgan fingerprint density at radius 2 is 1.31 bits per heavy atom. The van der Waals surface area contributed by atoms with Gasteiger partial charge >= 0.3 is 0 Å². The molecular formula is C30H33N9. The molecule has 0 radical (unpaired) electrons. The largest absolute Gasteiger partial charge is 0.388 e. The van der Waals surface area contributed by atoms with E-state index in [1.807, 2.05) is 19.0 Å². The lowest BCUT2D eigenvalue weighted by Gasteiger charge is -2.32. The monoisotopic (exact) mass is 519 g/mol. The minimum absolute atomic E-state index is 0.579. The van der Waals surface area contributed by atoms with Gasteiger partial charge in [0.15, 0.2) is 0 Å². The third-order valence-corrected chi connectivity index (χ3v) is 8.05. The number of anilines is 4. The Bertz CT molecular complexity index is 1430. The van der Waals surface area contributed by atoms with Crippen molar-refractivity contribution in [1.82, 2.24) is 4.90 Å². The van der Waals surface area contributed by atoms with Crippen LogP contribution in [0.3, 0.4) is 0 Å². The van der Waals surface area contributed by atoms with Gasteiger partial charge in [0.1, 0.15) is 6.34 Å². The van der Waals surface area contributed by atoms with E-state index in [1.54, 1.807) is 6.34 Å². The topological polar surface area (TPSA) is 83.2 Å². The van der Waals surface area contributed by atoms with Gasteiger partial charge in [-0.3, -0.25) is 0 Å². The van der Waals surface area contributed by atoms with Gasteiger partial charge in [0.05, 0.1) is 17.1 Å². The Morgan fingerprint density at radius 1 is 0.692 bits per heavy atom. The van der Waals surface area contributed by atoms with Crippen LogP contribution in [0.25, 0.3) is 5.70 Å². The molecule has 39 heavy (non-hydrogen) atoms. The number of allylic oxidation sites excluding steroid dienone is 2. The zero-order valence-corrected chi connectivity index (χ0v) is 22.5. The Kier molecular flexibility index (Phi) is 5.91. The Morgan fingerprint density at radius 3 is 1.95 bits per heavy atom. The highest BCUT2D eigenvalue weighted by Crippen LogP contribution is 2.36. The van der Waals surface area contributed by atoms with Crippen LogP contribution in [0.4, 0.5) is 22.7 Å². The summed E-state index contributed by atoms with van der Waals surface area (Å²) in [5, 5.41) is 6.79. The quantitative estimate of drug-likeness (QED) is 0.575. The smallest absolute Gasteiger partial charge is 0.239 e. The van der Waals surface area contributed by atoms with Crippen LogP contribution in [0.15, 0.2) is 74.2 Å². The van der Waals surface area contributed by atoms with E-state index in [0.29, 0.717) is 11.9 Å². The van der Waals surface area contributed by atoms with E-state index in [1.165, 1.54) is 37.1 Å². The fourth-order valence-corrected chi connectivity index (χ4v) is 6.00. The number of nitrogens with one attached hydrogen (secondary N) is 2. The van der Waals surface area contributed by atoms with Crippen molar-refractivity contribution in [3.63, 3.8) is 0 Å². The zero-order chi connectivity index (χ0) is 26.3. The lowest BCUT2D eigenvalue weighted by Crippen LogP contribution is -2.40. The molecule has 0 aromatic heterocycles. The summed E-state index contributed by atoms with van der Waals surface area (Å²) in [7, 11) is 3.93. The second kappa shape index (κ2) is 9.72. The van der Waals surface area contributed by atoms with Crippen molar-refractivity contribution in [2.75, 3.05) is 60.7 Å². The second-order valence-electron chi connectivity index (χ2n) is 10.4. The number of rotatable bonds is 6. The van der Waals surface area contributed by atoms with E-state index in [-0.39, 0.29) is 0 Å². The van der Waals surface area contributed by atoms with Crippen molar-refractivity contribution in [2.24, 2.45) is 20.0 Å². The predicted octanol–water partition coefficient (Wildman–Crippen LogP) is 4.77. The van der Waals surface area contributed by atoms with Crippen molar-refractivity contribution in [2.45, 2.75) is 25.7 Å². The van der Waals surface area contributed by atoms with Gasteiger partial charge in [-0.25, -0.2) is 24.9 Å². The maximum absolute atomic E-state index is 4.92. The summed E-state index contributed by atoms with van der Waals surface area (Å²) in [5.74, 6) is 1.16. The molecule has 0 aliphatic carbocycles. The molecule has 198 valence electrons. The van der Waals surface area contributed by atoms with E-state index >= 15 is 0 Å². The number of aliphatic imine (C=N–C) groups is 4. The first-order valence-electron chi connectivity index (χ1n) is 13.9. The van der Waals surface area contributed by atoms with Crippen molar-refractivity contribution >= 4 is 52.4 Å². The molecule has 5 aliphatic rings. The molecule has 2 N–H and O–H groups in total. The van der Waals surface area contributed by atoms with Crippen LogP contribution in [-0.4, -0.2) is 69.1 Å². The number of hydrogen-bond acceptors (Lipinski definition) is 9. The number of guanidine groups is 2. The van der Waals surface area contributed by atoms with Gasteiger partial charge in [0.2, 0.25) is 11.9 Å². The lowest BCUT2D eigenvalue weighted by molar-refractivity contribution is 0.738. The molecule has 0 spiro atoms. The van der Waals surface area contributed by atoms with Crippen LogP contribution in [-0.2, 0) is 0 Å². The van der Waals surface area contributed by atoms with Crippen LogP contribution in [0.1, 0.15) is 36.8 Å². The van der Waals surface area contributed by atoms with E-state index in [9.17, 15) is 0 Å². The fraction of sp³-hybridized carbons (Fsp3) is 0.333. The molecule has 5 heterocycles. The summed E-state index contributed by atoms with van der Waals surface area (Å²) < 4.78 is 0. The minimum atomic E-state index is 0.579. The van der Waals surface area contributed by atoms with Crippen LogP contribution < -0.4 is 20.4 Å². The van der Waals surface area contributed by atoms with Gasteiger partial charge in [0, 0.05) is 74.2 Å². The predicted molar refractivity (Wildman–Crippen MR) is 163 cm³/mol. The van der Waals surface area contributed by atoms with Crippen molar-refractivity contribution in [1.29, 1.82) is 0 Å². The van der Waals surface area contributed by atoms with E-state index in [2.05, 4.69) is 79.0 Å². The first-order valence-corrected chi connectivity index (χ1v) is 13.9. The molecule has 0 saturated carbocycles. The normalized spacial score (nSPS) is 19.7. The highest BCUT2D eigenvalue weighted by atomic mass is 15.4. The van der Waals surface area contributed by atoms with E-state index in [4.69, 9.17) is 9.98 Å². The van der Waals surface area contributed by atoms with Gasteiger partial charge in [-0.05, 0) is 74.2 Å².